The third-order valence-electron chi connectivity index (χ3n) is 2.94. The molecule has 0 radical (unpaired) electrons. The van der Waals surface area contributed by atoms with Crippen LogP contribution in [-0.2, 0) is 11.3 Å². The smallest absolute Gasteiger partial charge is 0.161 e. The molecule has 1 atom stereocenters. The molecule has 1 rings (SSSR count). The van der Waals surface area contributed by atoms with Gasteiger partial charge in [0.15, 0.2) is 11.5 Å². The van der Waals surface area contributed by atoms with Crippen molar-refractivity contribution in [2.24, 2.45) is 0 Å². The van der Waals surface area contributed by atoms with Crippen LogP contribution < -0.4 is 14.8 Å². The summed E-state index contributed by atoms with van der Waals surface area (Å²) in [6, 6.07) is 6.04. The molecule has 4 nitrogen and oxygen atoms in total. The SMILES string of the molecule is CCC(C)Oc1ccc(CNCCOC)cc1OC. The van der Waals surface area contributed by atoms with Crippen LogP contribution in [0.25, 0.3) is 0 Å². The molecule has 4 heteroatoms. The summed E-state index contributed by atoms with van der Waals surface area (Å²) < 4.78 is 16.2. The molecule has 0 aliphatic heterocycles. The molecule has 0 spiro atoms. The summed E-state index contributed by atoms with van der Waals surface area (Å²) in [5.41, 5.74) is 1.17. The third kappa shape index (κ3) is 5.49. The molecule has 1 N–H and O–H groups in total. The standard InChI is InChI=1S/C15H25NO3/c1-5-12(2)19-14-7-6-13(10-15(14)18-4)11-16-8-9-17-3/h6-7,10,12,16H,5,8-9,11H2,1-4H3. The van der Waals surface area contributed by atoms with E-state index in [9.17, 15) is 0 Å². The van der Waals surface area contributed by atoms with Crippen LogP contribution in [0, 0.1) is 0 Å². The van der Waals surface area contributed by atoms with Gasteiger partial charge in [0.1, 0.15) is 0 Å². The summed E-state index contributed by atoms with van der Waals surface area (Å²) in [4.78, 5) is 0. The molecule has 0 amide bonds. The number of benzene rings is 1. The lowest BCUT2D eigenvalue weighted by Gasteiger charge is -2.16. The maximum Gasteiger partial charge on any atom is 0.161 e. The Morgan fingerprint density at radius 3 is 2.63 bits per heavy atom. The van der Waals surface area contributed by atoms with Gasteiger partial charge in [0, 0.05) is 20.2 Å². The lowest BCUT2D eigenvalue weighted by molar-refractivity contribution is 0.199. The van der Waals surface area contributed by atoms with Gasteiger partial charge in [0.05, 0.1) is 19.8 Å². The monoisotopic (exact) mass is 267 g/mol. The van der Waals surface area contributed by atoms with Gasteiger partial charge in [-0.3, -0.25) is 0 Å². The van der Waals surface area contributed by atoms with E-state index in [1.165, 1.54) is 5.56 Å². The molecule has 0 saturated carbocycles. The molecule has 0 heterocycles. The average Bonchev–Trinajstić information content (AvgIpc) is 2.44. The quantitative estimate of drug-likeness (QED) is 0.698. The molecule has 0 fully saturated rings. The second kappa shape index (κ2) is 8.77. The lowest BCUT2D eigenvalue weighted by atomic mass is 10.2. The van der Waals surface area contributed by atoms with Crippen molar-refractivity contribution in [1.29, 1.82) is 0 Å². The van der Waals surface area contributed by atoms with Crippen LogP contribution in [0.1, 0.15) is 25.8 Å². The second-order valence-corrected chi connectivity index (χ2v) is 4.49. The molecule has 0 bridgehead atoms. The maximum atomic E-state index is 5.82. The lowest BCUT2D eigenvalue weighted by Crippen LogP contribution is -2.18. The third-order valence-corrected chi connectivity index (χ3v) is 2.94. The highest BCUT2D eigenvalue weighted by molar-refractivity contribution is 5.43. The van der Waals surface area contributed by atoms with E-state index in [1.54, 1.807) is 14.2 Å². The van der Waals surface area contributed by atoms with Crippen molar-refractivity contribution in [2.45, 2.75) is 32.9 Å². The van der Waals surface area contributed by atoms with Gasteiger partial charge >= 0.3 is 0 Å². The van der Waals surface area contributed by atoms with Gasteiger partial charge in [-0.1, -0.05) is 13.0 Å². The number of ether oxygens (including phenoxy) is 3. The molecule has 1 aromatic rings. The zero-order valence-corrected chi connectivity index (χ0v) is 12.4. The molecule has 0 aromatic heterocycles. The minimum Gasteiger partial charge on any atom is -0.493 e. The van der Waals surface area contributed by atoms with Gasteiger partial charge < -0.3 is 19.5 Å². The number of methoxy groups -OCH3 is 2. The molecular weight excluding hydrogens is 242 g/mol. The van der Waals surface area contributed by atoms with E-state index in [-0.39, 0.29) is 6.10 Å². The van der Waals surface area contributed by atoms with Crippen molar-refractivity contribution >= 4 is 0 Å². The highest BCUT2D eigenvalue weighted by Gasteiger charge is 2.08. The Labute approximate surface area is 116 Å². The van der Waals surface area contributed by atoms with Crippen LogP contribution in [-0.4, -0.2) is 33.5 Å². The van der Waals surface area contributed by atoms with E-state index in [4.69, 9.17) is 14.2 Å². The summed E-state index contributed by atoms with van der Waals surface area (Å²) in [5.74, 6) is 1.59. The zero-order valence-electron chi connectivity index (χ0n) is 12.4. The molecule has 1 unspecified atom stereocenters. The van der Waals surface area contributed by atoms with E-state index in [0.29, 0.717) is 6.61 Å². The Kier molecular flexibility index (Phi) is 7.30. The fourth-order valence-corrected chi connectivity index (χ4v) is 1.63. The zero-order chi connectivity index (χ0) is 14.1. The first kappa shape index (κ1) is 15.8. The van der Waals surface area contributed by atoms with E-state index < -0.39 is 0 Å². The molecule has 19 heavy (non-hydrogen) atoms. The van der Waals surface area contributed by atoms with Gasteiger partial charge in [0.2, 0.25) is 0 Å². The first-order valence-electron chi connectivity index (χ1n) is 6.74. The molecule has 1 aromatic carbocycles. The largest absolute Gasteiger partial charge is 0.493 e. The topological polar surface area (TPSA) is 39.7 Å². The Hall–Kier alpha value is -1.26. The van der Waals surface area contributed by atoms with Crippen LogP contribution in [0.5, 0.6) is 11.5 Å². The fraction of sp³-hybridized carbons (Fsp3) is 0.600. The van der Waals surface area contributed by atoms with Crippen LogP contribution >= 0.6 is 0 Å². The molecule has 0 aliphatic rings. The van der Waals surface area contributed by atoms with Gasteiger partial charge in [-0.25, -0.2) is 0 Å². The highest BCUT2D eigenvalue weighted by atomic mass is 16.5. The van der Waals surface area contributed by atoms with Gasteiger partial charge in [-0.15, -0.1) is 0 Å². The molecule has 0 aliphatic carbocycles. The average molecular weight is 267 g/mol. The van der Waals surface area contributed by atoms with Crippen LogP contribution in [0.15, 0.2) is 18.2 Å². The van der Waals surface area contributed by atoms with E-state index >= 15 is 0 Å². The fourth-order valence-electron chi connectivity index (χ4n) is 1.63. The van der Waals surface area contributed by atoms with Gasteiger partial charge in [-0.05, 0) is 31.0 Å². The van der Waals surface area contributed by atoms with E-state index in [2.05, 4.69) is 25.2 Å². The summed E-state index contributed by atoms with van der Waals surface area (Å²) in [6.07, 6.45) is 1.17. The van der Waals surface area contributed by atoms with Crippen molar-refractivity contribution in [3.63, 3.8) is 0 Å². The van der Waals surface area contributed by atoms with Crippen LogP contribution in [0.2, 0.25) is 0 Å². The Bertz CT molecular complexity index is 368. The first-order valence-corrected chi connectivity index (χ1v) is 6.74. The minimum atomic E-state index is 0.194. The number of hydrogen-bond donors (Lipinski definition) is 1. The molecule has 108 valence electrons. The van der Waals surface area contributed by atoms with Crippen LogP contribution in [0.4, 0.5) is 0 Å². The Morgan fingerprint density at radius 2 is 2.00 bits per heavy atom. The van der Waals surface area contributed by atoms with Crippen molar-refractivity contribution < 1.29 is 14.2 Å². The first-order chi connectivity index (χ1) is 9.21. The van der Waals surface area contributed by atoms with Crippen molar-refractivity contribution in [2.75, 3.05) is 27.4 Å². The summed E-state index contributed by atoms with van der Waals surface area (Å²) in [6.45, 7) is 6.50. The molecule has 0 saturated heterocycles. The summed E-state index contributed by atoms with van der Waals surface area (Å²) >= 11 is 0. The highest BCUT2D eigenvalue weighted by Crippen LogP contribution is 2.29. The maximum absolute atomic E-state index is 5.82. The number of rotatable bonds is 9. The Balaban J connectivity index is 2.61. The van der Waals surface area contributed by atoms with Gasteiger partial charge in [-0.2, -0.15) is 0 Å². The second-order valence-electron chi connectivity index (χ2n) is 4.49. The van der Waals surface area contributed by atoms with E-state index in [1.807, 2.05) is 12.1 Å². The predicted octanol–water partition coefficient (Wildman–Crippen LogP) is 2.61. The van der Waals surface area contributed by atoms with Crippen LogP contribution in [0.3, 0.4) is 0 Å². The normalized spacial score (nSPS) is 12.2. The van der Waals surface area contributed by atoms with Gasteiger partial charge in [0.25, 0.3) is 0 Å². The number of nitrogens with one attached hydrogen (secondary N) is 1. The molecular formula is C15H25NO3. The summed E-state index contributed by atoms with van der Waals surface area (Å²) in [5, 5.41) is 3.30. The summed E-state index contributed by atoms with van der Waals surface area (Å²) in [7, 11) is 3.37. The van der Waals surface area contributed by atoms with E-state index in [0.717, 1.165) is 31.0 Å². The minimum absolute atomic E-state index is 0.194. The van der Waals surface area contributed by atoms with Crippen molar-refractivity contribution in [3.8, 4) is 11.5 Å². The Morgan fingerprint density at radius 1 is 1.21 bits per heavy atom. The van der Waals surface area contributed by atoms with Crippen molar-refractivity contribution in [3.05, 3.63) is 23.8 Å². The van der Waals surface area contributed by atoms with Crippen molar-refractivity contribution in [1.82, 2.24) is 5.32 Å². The predicted molar refractivity (Wildman–Crippen MR) is 77.0 cm³/mol. The number of hydrogen-bond acceptors (Lipinski definition) is 4.